The minimum absolute atomic E-state index is 0.105. The molecule has 23 heavy (non-hydrogen) atoms. The van der Waals surface area contributed by atoms with Crippen LogP contribution in [0.15, 0.2) is 21.7 Å². The van der Waals surface area contributed by atoms with Gasteiger partial charge in [-0.1, -0.05) is 6.07 Å². The van der Waals surface area contributed by atoms with E-state index in [1.807, 2.05) is 6.92 Å². The summed E-state index contributed by atoms with van der Waals surface area (Å²) in [4.78, 5) is 25.1. The van der Waals surface area contributed by atoms with E-state index < -0.39 is 33.9 Å². The van der Waals surface area contributed by atoms with Gasteiger partial charge in [0, 0.05) is 12.6 Å². The van der Waals surface area contributed by atoms with Gasteiger partial charge in [-0.05, 0) is 38.1 Å². The summed E-state index contributed by atoms with van der Waals surface area (Å²) in [6.45, 7) is 3.43. The number of sulfonamides is 1. The first-order valence-corrected chi connectivity index (χ1v) is 9.67. The lowest BCUT2D eigenvalue weighted by molar-refractivity contribution is -0.147. The molecule has 3 unspecified atom stereocenters. The fourth-order valence-corrected chi connectivity index (χ4v) is 4.83. The Hall–Kier alpha value is -1.45. The number of amides is 1. The molecule has 128 valence electrons. The lowest BCUT2D eigenvalue weighted by atomic mass is 9.93. The molecule has 9 heteroatoms. The Labute approximate surface area is 139 Å². The van der Waals surface area contributed by atoms with Crippen molar-refractivity contribution in [3.63, 3.8) is 0 Å². The number of hydrogen-bond acceptors (Lipinski definition) is 5. The lowest BCUT2D eigenvalue weighted by Crippen LogP contribution is -2.54. The van der Waals surface area contributed by atoms with E-state index in [0.717, 1.165) is 11.3 Å². The van der Waals surface area contributed by atoms with E-state index in [-0.39, 0.29) is 16.8 Å². The van der Waals surface area contributed by atoms with E-state index in [1.54, 1.807) is 11.4 Å². The zero-order chi connectivity index (χ0) is 17.2. The fraction of sp³-hybridized carbons (Fsp3) is 0.571. The zero-order valence-corrected chi connectivity index (χ0v) is 14.6. The van der Waals surface area contributed by atoms with Crippen molar-refractivity contribution in [1.29, 1.82) is 0 Å². The van der Waals surface area contributed by atoms with E-state index in [2.05, 4.69) is 4.72 Å². The summed E-state index contributed by atoms with van der Waals surface area (Å²) in [5.74, 6) is -1.93. The van der Waals surface area contributed by atoms with Crippen LogP contribution in [0.5, 0.6) is 0 Å². The molecule has 7 nitrogen and oxygen atoms in total. The number of nitrogens with one attached hydrogen (secondary N) is 1. The van der Waals surface area contributed by atoms with Gasteiger partial charge >= 0.3 is 5.97 Å². The lowest BCUT2D eigenvalue weighted by Gasteiger charge is -2.37. The van der Waals surface area contributed by atoms with Crippen LogP contribution in [0.3, 0.4) is 0 Å². The van der Waals surface area contributed by atoms with E-state index in [0.29, 0.717) is 12.8 Å². The maximum absolute atomic E-state index is 12.5. The molecule has 0 saturated carbocycles. The molecule has 1 aliphatic rings. The summed E-state index contributed by atoms with van der Waals surface area (Å²) in [5.41, 5.74) is 0. The summed E-state index contributed by atoms with van der Waals surface area (Å²) in [7, 11) is -3.74. The van der Waals surface area contributed by atoms with Crippen LogP contribution in [0.2, 0.25) is 0 Å². The number of carbonyl (C=O) groups is 2. The van der Waals surface area contributed by atoms with Crippen LogP contribution < -0.4 is 4.72 Å². The van der Waals surface area contributed by atoms with Crippen molar-refractivity contribution in [2.75, 3.05) is 6.54 Å². The molecule has 0 radical (unpaired) electrons. The molecule has 0 spiro atoms. The van der Waals surface area contributed by atoms with E-state index >= 15 is 0 Å². The molecule has 1 aromatic heterocycles. The molecule has 2 N–H and O–H groups in total. The minimum atomic E-state index is -3.74. The normalized spacial score (nSPS) is 23.5. The maximum atomic E-state index is 12.5. The summed E-state index contributed by atoms with van der Waals surface area (Å²) in [6.07, 6.45) is 1.11. The third kappa shape index (κ3) is 4.10. The first-order valence-electron chi connectivity index (χ1n) is 7.31. The molecular weight excluding hydrogens is 340 g/mol. The largest absolute Gasteiger partial charge is 0.481 e. The van der Waals surface area contributed by atoms with Crippen LogP contribution in [0.1, 0.15) is 26.7 Å². The van der Waals surface area contributed by atoms with Crippen molar-refractivity contribution < 1.29 is 23.1 Å². The van der Waals surface area contributed by atoms with Crippen LogP contribution in [-0.2, 0) is 19.6 Å². The summed E-state index contributed by atoms with van der Waals surface area (Å²) >= 11 is 1.07. The predicted octanol–water partition coefficient (Wildman–Crippen LogP) is 1.13. The van der Waals surface area contributed by atoms with Crippen LogP contribution >= 0.6 is 11.3 Å². The van der Waals surface area contributed by atoms with Crippen LogP contribution in [0, 0.1) is 5.92 Å². The molecule has 0 aromatic carbocycles. The van der Waals surface area contributed by atoms with Gasteiger partial charge in [-0.2, -0.15) is 4.72 Å². The standard InChI is InChI=1S/C14H20N2O5S2/c1-9-5-6-11(14(18)19)8-16(9)13(17)10(2)15-23(20,21)12-4-3-7-22-12/h3-4,7,9-11,15H,5-6,8H2,1-2H3,(H,18,19). The first-order chi connectivity index (χ1) is 10.7. The van der Waals surface area contributed by atoms with Crippen LogP contribution in [-0.4, -0.2) is 48.9 Å². The summed E-state index contributed by atoms with van der Waals surface area (Å²) < 4.78 is 26.9. The van der Waals surface area contributed by atoms with Gasteiger partial charge in [0.1, 0.15) is 4.21 Å². The Morgan fingerprint density at radius 3 is 2.70 bits per heavy atom. The molecule has 1 fully saturated rings. The van der Waals surface area contributed by atoms with Crippen molar-refractivity contribution in [3.8, 4) is 0 Å². The van der Waals surface area contributed by atoms with Crippen molar-refractivity contribution in [3.05, 3.63) is 17.5 Å². The number of thiophene rings is 1. The molecule has 1 saturated heterocycles. The van der Waals surface area contributed by atoms with Crippen molar-refractivity contribution in [2.24, 2.45) is 5.92 Å². The van der Waals surface area contributed by atoms with Gasteiger partial charge in [0.2, 0.25) is 5.91 Å². The Kier molecular flexibility index (Phi) is 5.43. The number of carboxylic acids is 1. The van der Waals surface area contributed by atoms with Crippen LogP contribution in [0.4, 0.5) is 0 Å². The highest BCUT2D eigenvalue weighted by Crippen LogP contribution is 2.23. The summed E-state index contributed by atoms with van der Waals surface area (Å²) in [5, 5.41) is 10.8. The molecule has 3 atom stereocenters. The van der Waals surface area contributed by atoms with E-state index in [1.165, 1.54) is 17.9 Å². The molecule has 2 rings (SSSR count). The Morgan fingerprint density at radius 2 is 2.13 bits per heavy atom. The van der Waals surface area contributed by atoms with Gasteiger partial charge in [-0.3, -0.25) is 9.59 Å². The predicted molar refractivity (Wildman–Crippen MR) is 85.6 cm³/mol. The van der Waals surface area contributed by atoms with Gasteiger partial charge in [0.25, 0.3) is 10.0 Å². The highest BCUT2D eigenvalue weighted by Gasteiger charge is 2.35. The quantitative estimate of drug-likeness (QED) is 0.819. The highest BCUT2D eigenvalue weighted by molar-refractivity contribution is 7.91. The third-order valence-corrected chi connectivity index (χ3v) is 6.91. The summed E-state index contributed by atoms with van der Waals surface area (Å²) in [6, 6.07) is 2.04. The Morgan fingerprint density at radius 1 is 1.43 bits per heavy atom. The highest BCUT2D eigenvalue weighted by atomic mass is 32.2. The molecule has 0 aliphatic carbocycles. The SMILES string of the molecule is CC(NS(=O)(=O)c1cccs1)C(=O)N1CC(C(=O)O)CCC1C. The minimum Gasteiger partial charge on any atom is -0.481 e. The van der Waals surface area contributed by atoms with Gasteiger partial charge in [-0.15, -0.1) is 11.3 Å². The van der Waals surface area contributed by atoms with Crippen molar-refractivity contribution in [1.82, 2.24) is 9.62 Å². The zero-order valence-electron chi connectivity index (χ0n) is 12.9. The number of rotatable bonds is 5. The fourth-order valence-electron chi connectivity index (χ4n) is 2.62. The monoisotopic (exact) mass is 360 g/mol. The average Bonchev–Trinajstić information content (AvgIpc) is 3.01. The second-order valence-electron chi connectivity index (χ2n) is 5.73. The van der Waals surface area contributed by atoms with Crippen molar-refractivity contribution in [2.45, 2.75) is 43.0 Å². The van der Waals surface area contributed by atoms with Gasteiger partial charge in [0.15, 0.2) is 0 Å². The number of carboxylic acid groups (broad SMARTS) is 1. The average molecular weight is 360 g/mol. The molecule has 1 aliphatic heterocycles. The second kappa shape index (κ2) is 6.98. The number of hydrogen-bond donors (Lipinski definition) is 2. The molecule has 2 heterocycles. The smallest absolute Gasteiger partial charge is 0.308 e. The molecule has 1 amide bonds. The van der Waals surface area contributed by atoms with E-state index in [9.17, 15) is 18.0 Å². The van der Waals surface area contributed by atoms with Crippen molar-refractivity contribution >= 4 is 33.2 Å². The molecular formula is C14H20N2O5S2. The number of carbonyl (C=O) groups excluding carboxylic acids is 1. The Balaban J connectivity index is 2.08. The number of aliphatic carboxylic acids is 1. The topological polar surface area (TPSA) is 104 Å². The molecule has 1 aromatic rings. The maximum Gasteiger partial charge on any atom is 0.308 e. The number of nitrogens with zero attached hydrogens (tertiary/aromatic N) is 1. The van der Waals surface area contributed by atoms with E-state index in [4.69, 9.17) is 5.11 Å². The Bertz CT molecular complexity index is 671. The molecule has 0 bridgehead atoms. The number of piperidine rings is 1. The number of likely N-dealkylation sites (tertiary alicyclic amines) is 1. The van der Waals surface area contributed by atoms with Gasteiger partial charge in [0.05, 0.1) is 12.0 Å². The van der Waals surface area contributed by atoms with Gasteiger partial charge < -0.3 is 10.0 Å². The van der Waals surface area contributed by atoms with Crippen LogP contribution in [0.25, 0.3) is 0 Å². The second-order valence-corrected chi connectivity index (χ2v) is 8.62. The first kappa shape index (κ1) is 17.9. The van der Waals surface area contributed by atoms with Gasteiger partial charge in [-0.25, -0.2) is 8.42 Å². The third-order valence-electron chi connectivity index (χ3n) is 3.98.